The summed E-state index contributed by atoms with van der Waals surface area (Å²) in [4.78, 5) is 46.2. The standard InChI is InChI=1S/C22H16N2O5S2/c1-3-28-21(27)19-11(2)23-22(31-19)24-16(14-9-6-10-30-14)15-17(25)12-7-4-5-8-13(12)29-18(15)20(24)26/h4-10,16H,3H2,1-2H3/t16-/m0/s1. The van der Waals surface area contributed by atoms with E-state index in [0.29, 0.717) is 26.7 Å². The van der Waals surface area contributed by atoms with Gasteiger partial charge in [0.15, 0.2) is 10.6 Å². The summed E-state index contributed by atoms with van der Waals surface area (Å²) in [6.45, 7) is 3.66. The summed E-state index contributed by atoms with van der Waals surface area (Å²) >= 11 is 2.51. The van der Waals surface area contributed by atoms with Gasteiger partial charge in [0.05, 0.1) is 23.3 Å². The molecule has 1 aliphatic rings. The van der Waals surface area contributed by atoms with E-state index in [-0.39, 0.29) is 23.4 Å². The normalized spacial score (nSPS) is 15.5. The van der Waals surface area contributed by atoms with Crippen molar-refractivity contribution in [1.29, 1.82) is 0 Å². The van der Waals surface area contributed by atoms with Crippen molar-refractivity contribution in [2.24, 2.45) is 0 Å². The number of aryl methyl sites for hydroxylation is 1. The van der Waals surface area contributed by atoms with Crippen LogP contribution in [0.3, 0.4) is 0 Å². The first-order valence-corrected chi connectivity index (χ1v) is 11.3. The minimum Gasteiger partial charge on any atom is -0.462 e. The van der Waals surface area contributed by atoms with Crippen LogP contribution in [-0.4, -0.2) is 23.5 Å². The lowest BCUT2D eigenvalue weighted by Crippen LogP contribution is -2.28. The molecule has 0 N–H and O–H groups in total. The number of esters is 1. The third-order valence-corrected chi connectivity index (χ3v) is 7.10. The molecule has 0 saturated carbocycles. The van der Waals surface area contributed by atoms with Gasteiger partial charge in [-0.15, -0.1) is 11.3 Å². The van der Waals surface area contributed by atoms with Crippen molar-refractivity contribution in [2.45, 2.75) is 19.9 Å². The average molecular weight is 453 g/mol. The van der Waals surface area contributed by atoms with E-state index in [1.54, 1.807) is 38.1 Å². The fourth-order valence-corrected chi connectivity index (χ4v) is 5.52. The van der Waals surface area contributed by atoms with Crippen LogP contribution >= 0.6 is 22.7 Å². The molecule has 1 aromatic carbocycles. The second-order valence-corrected chi connectivity index (χ2v) is 8.85. The van der Waals surface area contributed by atoms with Gasteiger partial charge >= 0.3 is 5.97 Å². The summed E-state index contributed by atoms with van der Waals surface area (Å²) in [5.74, 6) is -0.937. The number of benzene rings is 1. The number of anilines is 1. The Morgan fingerprint density at radius 2 is 2.03 bits per heavy atom. The summed E-state index contributed by atoms with van der Waals surface area (Å²) in [6, 6.07) is 9.92. The number of carbonyl (C=O) groups is 2. The van der Waals surface area contributed by atoms with Gasteiger partial charge in [-0.3, -0.25) is 14.5 Å². The maximum atomic E-state index is 13.5. The van der Waals surface area contributed by atoms with Gasteiger partial charge in [0.25, 0.3) is 5.91 Å². The van der Waals surface area contributed by atoms with Crippen molar-refractivity contribution in [1.82, 2.24) is 4.98 Å². The Morgan fingerprint density at radius 3 is 2.77 bits per heavy atom. The molecule has 1 atom stereocenters. The number of fused-ring (bicyclic) bond motifs is 2. The minimum atomic E-state index is -0.677. The maximum absolute atomic E-state index is 13.5. The van der Waals surface area contributed by atoms with Crippen LogP contribution in [0.2, 0.25) is 0 Å². The molecule has 0 spiro atoms. The Kier molecular flexibility index (Phi) is 4.71. The van der Waals surface area contributed by atoms with Crippen molar-refractivity contribution in [2.75, 3.05) is 11.5 Å². The molecule has 9 heteroatoms. The van der Waals surface area contributed by atoms with Crippen molar-refractivity contribution in [3.8, 4) is 0 Å². The zero-order valence-corrected chi connectivity index (χ0v) is 18.2. The van der Waals surface area contributed by atoms with E-state index in [1.807, 2.05) is 17.5 Å². The highest BCUT2D eigenvalue weighted by Gasteiger charge is 2.45. The second kappa shape index (κ2) is 7.44. The number of nitrogens with zero attached hydrogens (tertiary/aromatic N) is 2. The molecule has 3 aromatic heterocycles. The molecule has 7 nitrogen and oxygen atoms in total. The molecule has 156 valence electrons. The quantitative estimate of drug-likeness (QED) is 0.422. The average Bonchev–Trinajstić information content (AvgIpc) is 3.47. The van der Waals surface area contributed by atoms with Crippen LogP contribution in [-0.2, 0) is 4.74 Å². The van der Waals surface area contributed by atoms with E-state index in [1.165, 1.54) is 16.2 Å². The van der Waals surface area contributed by atoms with Crippen LogP contribution in [0.15, 0.2) is 51.0 Å². The predicted octanol–water partition coefficient (Wildman–Crippen LogP) is 4.55. The van der Waals surface area contributed by atoms with E-state index < -0.39 is 17.9 Å². The zero-order valence-electron chi connectivity index (χ0n) is 16.6. The van der Waals surface area contributed by atoms with E-state index in [0.717, 1.165) is 16.2 Å². The summed E-state index contributed by atoms with van der Waals surface area (Å²) in [5.41, 5.74) is 0.868. The molecule has 5 rings (SSSR count). The topological polar surface area (TPSA) is 89.7 Å². The molecule has 0 unspecified atom stereocenters. The van der Waals surface area contributed by atoms with Gasteiger partial charge < -0.3 is 9.15 Å². The smallest absolute Gasteiger partial charge is 0.350 e. The second-order valence-electron chi connectivity index (χ2n) is 6.89. The number of aromatic nitrogens is 1. The third kappa shape index (κ3) is 3.00. The lowest BCUT2D eigenvalue weighted by atomic mass is 10.0. The molecule has 0 radical (unpaired) electrons. The highest BCUT2D eigenvalue weighted by Crippen LogP contribution is 2.44. The first kappa shape index (κ1) is 19.7. The lowest BCUT2D eigenvalue weighted by molar-refractivity contribution is 0.0531. The van der Waals surface area contributed by atoms with E-state index in [2.05, 4.69) is 4.98 Å². The maximum Gasteiger partial charge on any atom is 0.350 e. The highest BCUT2D eigenvalue weighted by atomic mass is 32.1. The zero-order chi connectivity index (χ0) is 21.7. The molecule has 1 aliphatic heterocycles. The SMILES string of the molecule is CCOC(=O)c1sc(N2C(=O)c3oc4ccccc4c(=O)c3[C@@H]2c2cccs2)nc1C. The Balaban J connectivity index is 1.73. The number of hydrogen-bond acceptors (Lipinski definition) is 8. The van der Waals surface area contributed by atoms with Crippen LogP contribution < -0.4 is 10.3 Å². The van der Waals surface area contributed by atoms with E-state index >= 15 is 0 Å². The molecule has 4 aromatic rings. The summed E-state index contributed by atoms with van der Waals surface area (Å²) in [7, 11) is 0. The van der Waals surface area contributed by atoms with Gasteiger partial charge in [-0.1, -0.05) is 29.5 Å². The van der Waals surface area contributed by atoms with Crippen molar-refractivity contribution in [3.05, 3.63) is 78.8 Å². The lowest BCUT2D eigenvalue weighted by Gasteiger charge is -2.20. The Bertz CT molecular complexity index is 1390. The monoisotopic (exact) mass is 452 g/mol. The highest BCUT2D eigenvalue weighted by molar-refractivity contribution is 7.17. The van der Waals surface area contributed by atoms with Gasteiger partial charge in [0.1, 0.15) is 16.5 Å². The molecule has 4 heterocycles. The van der Waals surface area contributed by atoms with Crippen molar-refractivity contribution < 1.29 is 18.7 Å². The van der Waals surface area contributed by atoms with Crippen LogP contribution in [0.1, 0.15) is 49.3 Å². The van der Waals surface area contributed by atoms with Gasteiger partial charge in [-0.25, -0.2) is 9.78 Å². The van der Waals surface area contributed by atoms with Gasteiger partial charge in [-0.2, -0.15) is 0 Å². The number of amides is 1. The molecule has 0 fully saturated rings. The van der Waals surface area contributed by atoms with E-state index in [9.17, 15) is 14.4 Å². The van der Waals surface area contributed by atoms with Crippen LogP contribution in [0, 0.1) is 6.92 Å². The number of rotatable bonds is 4. The number of thiazole rings is 1. The molecular weight excluding hydrogens is 436 g/mol. The molecule has 0 saturated heterocycles. The number of hydrogen-bond donors (Lipinski definition) is 0. The Hall–Kier alpha value is -3.30. The van der Waals surface area contributed by atoms with Crippen LogP contribution in [0.5, 0.6) is 0 Å². The largest absolute Gasteiger partial charge is 0.462 e. The molecule has 31 heavy (non-hydrogen) atoms. The summed E-state index contributed by atoms with van der Waals surface area (Å²) < 4.78 is 11.0. The minimum absolute atomic E-state index is 0.00707. The van der Waals surface area contributed by atoms with E-state index in [4.69, 9.17) is 9.15 Å². The Labute approximate surface area is 184 Å². The van der Waals surface area contributed by atoms with Gasteiger partial charge in [-0.05, 0) is 37.4 Å². The number of para-hydroxylation sites is 1. The molecule has 0 aliphatic carbocycles. The summed E-state index contributed by atoms with van der Waals surface area (Å²) in [5, 5.41) is 2.62. The summed E-state index contributed by atoms with van der Waals surface area (Å²) in [6.07, 6.45) is 0. The van der Waals surface area contributed by atoms with Crippen LogP contribution in [0.25, 0.3) is 11.0 Å². The van der Waals surface area contributed by atoms with Gasteiger partial charge in [0, 0.05) is 4.88 Å². The molecule has 1 amide bonds. The predicted molar refractivity (Wildman–Crippen MR) is 118 cm³/mol. The molecular formula is C22H16N2O5S2. The molecule has 0 bridgehead atoms. The third-order valence-electron chi connectivity index (χ3n) is 5.04. The van der Waals surface area contributed by atoms with Crippen molar-refractivity contribution in [3.63, 3.8) is 0 Å². The first-order valence-electron chi connectivity index (χ1n) is 9.58. The number of carbonyl (C=O) groups excluding carboxylic acids is 2. The van der Waals surface area contributed by atoms with Crippen LogP contribution in [0.4, 0.5) is 5.13 Å². The fourth-order valence-electron chi connectivity index (χ4n) is 3.70. The fraction of sp³-hybridized carbons (Fsp3) is 0.182. The van der Waals surface area contributed by atoms with Crippen molar-refractivity contribution >= 4 is 50.7 Å². The number of ether oxygens (including phenoxy) is 1. The Morgan fingerprint density at radius 1 is 1.23 bits per heavy atom. The first-order chi connectivity index (χ1) is 15.0. The van der Waals surface area contributed by atoms with Gasteiger partial charge in [0.2, 0.25) is 5.76 Å². The number of thiophene rings is 1.